The zero-order valence-corrected chi connectivity index (χ0v) is 16.7. The van der Waals surface area contributed by atoms with Gasteiger partial charge in [-0.3, -0.25) is 4.90 Å². The number of hydrogen-bond acceptors (Lipinski definition) is 2. The van der Waals surface area contributed by atoms with Gasteiger partial charge in [0.1, 0.15) is 0 Å². The van der Waals surface area contributed by atoms with E-state index in [4.69, 9.17) is 0 Å². The minimum absolute atomic E-state index is 0. The molecule has 0 aliphatic carbocycles. The Kier molecular flexibility index (Phi) is 12.5. The first-order chi connectivity index (χ1) is 9.19. The van der Waals surface area contributed by atoms with Gasteiger partial charge in [-0.15, -0.1) is 6.04 Å². The quantitative estimate of drug-likeness (QED) is 0.534. The topological polar surface area (TPSA) is 34.4 Å². The van der Waals surface area contributed by atoms with Crippen LogP contribution in [0.3, 0.4) is 0 Å². The van der Waals surface area contributed by atoms with E-state index in [1.807, 2.05) is 13.8 Å². The summed E-state index contributed by atoms with van der Waals surface area (Å²) in [5.41, 5.74) is 1.47. The van der Waals surface area contributed by atoms with Crippen LogP contribution in [0.4, 0.5) is 0 Å². The summed E-state index contributed by atoms with van der Waals surface area (Å²) in [5, 5.41) is 4.25. The number of carbonyl (C=O) groups is 1. The average Bonchev–Trinajstić information content (AvgIpc) is 2.45. The van der Waals surface area contributed by atoms with E-state index in [2.05, 4.69) is 35.4 Å². The van der Waals surface area contributed by atoms with Gasteiger partial charge < -0.3 is 10.1 Å². The van der Waals surface area contributed by atoms with Gasteiger partial charge in [0.2, 0.25) is 0 Å². The molecule has 1 fully saturated rings. The molecule has 1 aliphatic rings. The van der Waals surface area contributed by atoms with Crippen molar-refractivity contribution >= 4 is 5.91 Å². The molecule has 0 bridgehead atoms. The summed E-state index contributed by atoms with van der Waals surface area (Å²) in [6.07, 6.45) is 10.1. The predicted molar refractivity (Wildman–Crippen MR) is 81.3 cm³/mol. The fraction of sp³-hybridized carbons (Fsp3) is 0.688. The largest absolute Gasteiger partial charge is 1.00 e. The Morgan fingerprint density at radius 2 is 1.90 bits per heavy atom. The second kappa shape index (κ2) is 12.1. The van der Waals surface area contributed by atoms with E-state index in [1.165, 1.54) is 5.57 Å². The van der Waals surface area contributed by atoms with Crippen molar-refractivity contribution < 1.29 is 56.2 Å². The Morgan fingerprint density at radius 1 is 1.25 bits per heavy atom. The summed E-state index contributed by atoms with van der Waals surface area (Å²) >= 11 is 0. The van der Waals surface area contributed by atoms with Crippen LogP contribution in [0.1, 0.15) is 46.5 Å². The molecule has 0 unspecified atom stereocenters. The summed E-state index contributed by atoms with van der Waals surface area (Å²) in [4.78, 5) is 13.8. The van der Waals surface area contributed by atoms with Crippen LogP contribution in [0.25, 0.3) is 5.32 Å². The van der Waals surface area contributed by atoms with Gasteiger partial charge in [0.25, 0.3) is 0 Å². The second-order valence-electron chi connectivity index (χ2n) is 5.09. The Hall–Kier alpha value is 0.546. The second-order valence-corrected chi connectivity index (χ2v) is 5.09. The smallest absolute Gasteiger partial charge is 0.651 e. The van der Waals surface area contributed by atoms with Gasteiger partial charge in [0.15, 0.2) is 0 Å². The zero-order valence-electron chi connectivity index (χ0n) is 13.6. The first-order valence-corrected chi connectivity index (χ1v) is 7.46. The summed E-state index contributed by atoms with van der Waals surface area (Å²) < 4.78 is 0. The third-order valence-electron chi connectivity index (χ3n) is 3.59. The fourth-order valence-electron chi connectivity index (χ4n) is 2.30. The van der Waals surface area contributed by atoms with E-state index < -0.39 is 0 Å². The van der Waals surface area contributed by atoms with E-state index in [1.54, 1.807) is 0 Å². The predicted octanol–water partition coefficient (Wildman–Crippen LogP) is 0.678. The minimum Gasteiger partial charge on any atom is -0.651 e. The van der Waals surface area contributed by atoms with Crippen molar-refractivity contribution in [2.24, 2.45) is 0 Å². The van der Waals surface area contributed by atoms with Crippen LogP contribution in [0.2, 0.25) is 0 Å². The summed E-state index contributed by atoms with van der Waals surface area (Å²) in [7, 11) is 0. The molecule has 4 heteroatoms. The molecule has 0 saturated carbocycles. The Labute approximate surface area is 166 Å². The standard InChI is InChI=1S/C16H28N2O.K/c1-4-7-8-14(5-2)13-18-11-9-15(10-12-18)17-16(19)6-3;/h4,7-8,15H,5-6,9-13H2,1-3H3,(H,17,19);/q;+1/p-1/b7-4-,14-8+;. The van der Waals surface area contributed by atoms with Gasteiger partial charge in [0, 0.05) is 6.54 Å². The number of amides is 1. The summed E-state index contributed by atoms with van der Waals surface area (Å²) in [6.45, 7) is 9.28. The van der Waals surface area contributed by atoms with Crippen LogP contribution in [-0.4, -0.2) is 36.5 Å². The molecular weight excluding hydrogens is 275 g/mol. The Morgan fingerprint density at radius 3 is 2.40 bits per heavy atom. The van der Waals surface area contributed by atoms with Gasteiger partial charge in [-0.2, -0.15) is 0 Å². The normalized spacial score (nSPS) is 18.1. The number of likely N-dealkylation sites (tertiary alicyclic amines) is 1. The molecule has 1 saturated heterocycles. The molecule has 0 aromatic heterocycles. The number of hydrogen-bond donors (Lipinski definition) is 0. The van der Waals surface area contributed by atoms with Crippen molar-refractivity contribution in [1.29, 1.82) is 0 Å². The van der Waals surface area contributed by atoms with Crippen LogP contribution in [0, 0.1) is 0 Å². The SMILES string of the molecule is C/C=C\C=C(/CC)CN1CCC([N-]C(=O)CC)CC1.[K+]. The maximum Gasteiger partial charge on any atom is 1.00 e. The molecule has 0 atom stereocenters. The number of nitrogens with zero attached hydrogens (tertiary/aromatic N) is 2. The summed E-state index contributed by atoms with van der Waals surface area (Å²) in [5.74, 6) is 0.0562. The Balaban J connectivity index is 0.00000361. The van der Waals surface area contributed by atoms with E-state index in [9.17, 15) is 4.79 Å². The first-order valence-electron chi connectivity index (χ1n) is 7.46. The van der Waals surface area contributed by atoms with E-state index in [0.29, 0.717) is 6.42 Å². The van der Waals surface area contributed by atoms with Gasteiger partial charge in [0.05, 0.1) is 5.91 Å². The Bertz CT molecular complexity index is 331. The molecule has 1 rings (SSSR count). The molecule has 0 N–H and O–H groups in total. The fourth-order valence-corrected chi connectivity index (χ4v) is 2.30. The van der Waals surface area contributed by atoms with Crippen molar-refractivity contribution in [3.63, 3.8) is 0 Å². The van der Waals surface area contributed by atoms with Gasteiger partial charge >= 0.3 is 51.4 Å². The van der Waals surface area contributed by atoms with Crippen LogP contribution in [0.15, 0.2) is 23.8 Å². The van der Waals surface area contributed by atoms with Crippen molar-refractivity contribution in [2.45, 2.75) is 52.5 Å². The third kappa shape index (κ3) is 8.10. The summed E-state index contributed by atoms with van der Waals surface area (Å²) in [6, 6.07) is 0.258. The van der Waals surface area contributed by atoms with Crippen LogP contribution >= 0.6 is 0 Å². The minimum atomic E-state index is 0. The van der Waals surface area contributed by atoms with Crippen LogP contribution in [-0.2, 0) is 4.79 Å². The molecule has 3 nitrogen and oxygen atoms in total. The monoisotopic (exact) mass is 302 g/mol. The molecule has 0 spiro atoms. The van der Waals surface area contributed by atoms with Crippen molar-refractivity contribution in [3.8, 4) is 0 Å². The number of piperidine rings is 1. The third-order valence-corrected chi connectivity index (χ3v) is 3.59. The maximum absolute atomic E-state index is 11.3. The van der Waals surface area contributed by atoms with Crippen molar-refractivity contribution in [1.82, 2.24) is 4.90 Å². The molecule has 0 radical (unpaired) electrons. The molecule has 0 aromatic rings. The van der Waals surface area contributed by atoms with Crippen LogP contribution in [0.5, 0.6) is 0 Å². The molecule has 1 aliphatic heterocycles. The van der Waals surface area contributed by atoms with Crippen LogP contribution < -0.4 is 51.4 Å². The van der Waals surface area contributed by atoms with Gasteiger partial charge in [-0.25, -0.2) is 0 Å². The zero-order chi connectivity index (χ0) is 14.1. The number of rotatable bonds is 6. The van der Waals surface area contributed by atoms with E-state index in [-0.39, 0.29) is 63.3 Å². The molecule has 108 valence electrons. The molecule has 0 aromatic carbocycles. The molecule has 20 heavy (non-hydrogen) atoms. The van der Waals surface area contributed by atoms with E-state index >= 15 is 0 Å². The molecule has 1 amide bonds. The van der Waals surface area contributed by atoms with Crippen molar-refractivity contribution in [3.05, 3.63) is 29.1 Å². The number of allylic oxidation sites excluding steroid dienone is 3. The first kappa shape index (κ1) is 20.5. The molecule has 1 heterocycles. The number of carbonyl (C=O) groups excluding carboxylic acids is 1. The maximum atomic E-state index is 11.3. The van der Waals surface area contributed by atoms with Gasteiger partial charge in [-0.05, 0) is 32.9 Å². The molecular formula is C16H27KN2O. The van der Waals surface area contributed by atoms with E-state index in [0.717, 1.165) is 38.9 Å². The van der Waals surface area contributed by atoms with Crippen molar-refractivity contribution in [2.75, 3.05) is 19.6 Å². The van der Waals surface area contributed by atoms with Gasteiger partial charge in [-0.1, -0.05) is 50.5 Å². The average molecular weight is 303 g/mol.